The van der Waals surface area contributed by atoms with E-state index in [0.717, 1.165) is 6.92 Å². The van der Waals surface area contributed by atoms with Gasteiger partial charge in [-0.3, -0.25) is 4.79 Å². The van der Waals surface area contributed by atoms with E-state index in [1.165, 1.54) is 24.3 Å². The molecule has 34 heavy (non-hydrogen) atoms. The fourth-order valence-electron chi connectivity index (χ4n) is 3.78. The summed E-state index contributed by atoms with van der Waals surface area (Å²) in [6, 6.07) is 4.09. The van der Waals surface area contributed by atoms with Crippen molar-refractivity contribution in [3.8, 4) is 5.75 Å². The van der Waals surface area contributed by atoms with Crippen molar-refractivity contribution < 1.29 is 78.6 Å². The average molecular weight is 489 g/mol. The Morgan fingerprint density at radius 1 is 1.32 bits per heavy atom. The molecule has 1 aromatic heterocycles. The predicted octanol–water partition coefficient (Wildman–Crippen LogP) is -5.70. The first-order valence-corrected chi connectivity index (χ1v) is 10.0. The zero-order valence-electron chi connectivity index (χ0n) is 18.8. The van der Waals surface area contributed by atoms with Crippen molar-refractivity contribution in [3.63, 3.8) is 0 Å². The Morgan fingerprint density at radius 2 is 2.00 bits per heavy atom. The molecular formula is C21H24NNaO11. The fraction of sp³-hybridized carbons (Fsp3) is 0.476. The van der Waals surface area contributed by atoms with E-state index in [1.54, 1.807) is 6.92 Å². The van der Waals surface area contributed by atoms with Gasteiger partial charge < -0.3 is 49.5 Å². The molecule has 6 atom stereocenters. The Balaban J connectivity index is 0.00000408. The van der Waals surface area contributed by atoms with E-state index in [1.807, 2.05) is 0 Å². The van der Waals surface area contributed by atoms with Crippen LogP contribution in [0.25, 0.3) is 11.0 Å². The number of benzene rings is 1. The van der Waals surface area contributed by atoms with Crippen LogP contribution in [0.1, 0.15) is 18.9 Å². The molecule has 1 aliphatic heterocycles. The van der Waals surface area contributed by atoms with E-state index in [4.69, 9.17) is 13.9 Å². The van der Waals surface area contributed by atoms with Gasteiger partial charge in [-0.1, -0.05) is 0 Å². The summed E-state index contributed by atoms with van der Waals surface area (Å²) in [7, 11) is 0. The molecule has 0 radical (unpaired) electrons. The predicted molar refractivity (Wildman–Crippen MR) is 108 cm³/mol. The van der Waals surface area contributed by atoms with Crippen molar-refractivity contribution in [2.75, 3.05) is 6.61 Å². The SMILES string of the molecule is CC(=O)N[C@H]1C([C@@H](O)[C@@H](O)CO)O[C@](Oc2ccc3c(C)cc(=O)oc3c2)(C(=O)[O-])C[C@@H]1O.[Na+]. The number of aryl methyl sites for hydroxylation is 1. The molecule has 3 rings (SSSR count). The van der Waals surface area contributed by atoms with Gasteiger partial charge in [-0.15, -0.1) is 0 Å². The van der Waals surface area contributed by atoms with Gasteiger partial charge in [-0.05, 0) is 24.6 Å². The van der Waals surface area contributed by atoms with Crippen molar-refractivity contribution in [3.05, 3.63) is 40.2 Å². The van der Waals surface area contributed by atoms with Crippen LogP contribution in [0.4, 0.5) is 0 Å². The number of fused-ring (bicyclic) bond motifs is 1. The molecule has 5 N–H and O–H groups in total. The number of carboxylic acids is 1. The zero-order valence-corrected chi connectivity index (χ0v) is 20.8. The minimum absolute atomic E-state index is 0. The number of carboxylic acid groups (broad SMARTS) is 1. The van der Waals surface area contributed by atoms with Crippen LogP contribution in [0.3, 0.4) is 0 Å². The van der Waals surface area contributed by atoms with Gasteiger partial charge >= 0.3 is 35.2 Å². The third-order valence-electron chi connectivity index (χ3n) is 5.38. The number of rotatable bonds is 7. The van der Waals surface area contributed by atoms with Gasteiger partial charge in [0.15, 0.2) is 0 Å². The van der Waals surface area contributed by atoms with Gasteiger partial charge in [0.2, 0.25) is 5.91 Å². The molecule has 180 valence electrons. The first kappa shape index (κ1) is 28.2. The Hall–Kier alpha value is -2.03. The van der Waals surface area contributed by atoms with Crippen LogP contribution in [0, 0.1) is 6.92 Å². The number of aliphatic carboxylic acids is 1. The molecule has 0 aliphatic carbocycles. The number of aliphatic hydroxyl groups is 4. The topological polar surface area (TPSA) is 199 Å². The molecule has 1 aromatic carbocycles. The number of carbonyl (C=O) groups excluding carboxylic acids is 2. The van der Waals surface area contributed by atoms with E-state index >= 15 is 0 Å². The number of amides is 1. The van der Waals surface area contributed by atoms with Crippen LogP contribution in [0.2, 0.25) is 0 Å². The van der Waals surface area contributed by atoms with Gasteiger partial charge in [0.05, 0.1) is 18.8 Å². The van der Waals surface area contributed by atoms with Crippen LogP contribution in [0.5, 0.6) is 5.75 Å². The van der Waals surface area contributed by atoms with Gasteiger partial charge in [0, 0.05) is 30.9 Å². The van der Waals surface area contributed by atoms with Crippen LogP contribution in [0.15, 0.2) is 33.5 Å². The summed E-state index contributed by atoms with van der Waals surface area (Å²) >= 11 is 0. The first-order valence-electron chi connectivity index (χ1n) is 10.0. The van der Waals surface area contributed by atoms with E-state index in [9.17, 15) is 39.9 Å². The second kappa shape index (κ2) is 11.1. The molecule has 0 spiro atoms. The Labute approximate surface area is 215 Å². The minimum Gasteiger partial charge on any atom is -0.543 e. The number of hydrogen-bond acceptors (Lipinski definition) is 11. The van der Waals surface area contributed by atoms with Crippen LogP contribution in [-0.4, -0.2) is 75.2 Å². The number of ether oxygens (including phenoxy) is 2. The summed E-state index contributed by atoms with van der Waals surface area (Å²) in [5, 5.41) is 55.1. The summed E-state index contributed by atoms with van der Waals surface area (Å²) in [6.07, 6.45) is -7.76. The summed E-state index contributed by atoms with van der Waals surface area (Å²) in [6.45, 7) is 1.90. The quantitative estimate of drug-likeness (QED) is 0.183. The van der Waals surface area contributed by atoms with E-state index in [0.29, 0.717) is 10.9 Å². The third-order valence-corrected chi connectivity index (χ3v) is 5.38. The maximum absolute atomic E-state index is 12.1. The molecular weight excluding hydrogens is 465 g/mol. The largest absolute Gasteiger partial charge is 1.00 e. The van der Waals surface area contributed by atoms with E-state index in [-0.39, 0.29) is 40.9 Å². The molecule has 1 aliphatic rings. The standard InChI is InChI=1S/C21H25NO11.Na/c1-9-5-16(27)31-15-6-11(3-4-12(9)15)32-21(20(29)30)7-13(25)17(22-10(2)24)19(33-21)18(28)14(26)8-23;/h3-6,13-14,17-19,23,25-26,28H,7-8H2,1-2H3,(H,22,24)(H,29,30);/q;+1/p-1/t13-,14-,17+,18-,19?,21-;/m0./s1. The molecule has 1 unspecified atom stereocenters. The van der Waals surface area contributed by atoms with E-state index in [2.05, 4.69) is 5.32 Å². The van der Waals surface area contributed by atoms with Crippen LogP contribution < -0.4 is 50.3 Å². The molecule has 1 fully saturated rings. The third kappa shape index (κ3) is 5.78. The molecule has 12 nitrogen and oxygen atoms in total. The van der Waals surface area contributed by atoms with Crippen molar-refractivity contribution in [1.82, 2.24) is 5.32 Å². The second-order valence-electron chi connectivity index (χ2n) is 7.87. The summed E-state index contributed by atoms with van der Waals surface area (Å²) < 4.78 is 16.1. The van der Waals surface area contributed by atoms with Crippen molar-refractivity contribution in [1.29, 1.82) is 0 Å². The normalized spacial score (nSPS) is 26.2. The second-order valence-corrected chi connectivity index (χ2v) is 7.87. The van der Waals surface area contributed by atoms with Crippen molar-refractivity contribution in [2.24, 2.45) is 0 Å². The molecule has 1 amide bonds. The van der Waals surface area contributed by atoms with Gasteiger partial charge in [-0.25, -0.2) is 4.79 Å². The van der Waals surface area contributed by atoms with Crippen molar-refractivity contribution >= 4 is 22.8 Å². The minimum atomic E-state index is -2.66. The fourth-order valence-corrected chi connectivity index (χ4v) is 3.78. The van der Waals surface area contributed by atoms with Crippen LogP contribution in [-0.2, 0) is 14.3 Å². The molecule has 2 aromatic rings. The maximum Gasteiger partial charge on any atom is 1.00 e. The van der Waals surface area contributed by atoms with Crippen LogP contribution >= 0.6 is 0 Å². The Kier molecular flexibility index (Phi) is 9.24. The summed E-state index contributed by atoms with van der Waals surface area (Å²) in [4.78, 5) is 35.4. The van der Waals surface area contributed by atoms with Crippen molar-refractivity contribution in [2.45, 2.75) is 56.5 Å². The molecule has 13 heteroatoms. The maximum atomic E-state index is 12.1. The zero-order chi connectivity index (χ0) is 24.5. The Bertz CT molecular complexity index is 1110. The van der Waals surface area contributed by atoms with Gasteiger partial charge in [0.25, 0.3) is 5.79 Å². The smallest absolute Gasteiger partial charge is 0.543 e. The monoisotopic (exact) mass is 489 g/mol. The summed E-state index contributed by atoms with van der Waals surface area (Å²) in [5.74, 6) is -5.32. The van der Waals surface area contributed by atoms with E-state index < -0.39 is 66.8 Å². The Morgan fingerprint density at radius 3 is 2.59 bits per heavy atom. The number of carbonyl (C=O) groups is 2. The molecule has 0 bridgehead atoms. The molecule has 2 heterocycles. The summed E-state index contributed by atoms with van der Waals surface area (Å²) in [5.41, 5.74) is 0.0901. The van der Waals surface area contributed by atoms with Gasteiger partial charge in [0.1, 0.15) is 35.6 Å². The average Bonchev–Trinajstić information content (AvgIpc) is 2.73. The first-order chi connectivity index (χ1) is 15.5. The molecule has 1 saturated heterocycles. The van der Waals surface area contributed by atoms with Gasteiger partial charge in [-0.2, -0.15) is 0 Å². The number of hydrogen-bond donors (Lipinski definition) is 5. The number of aliphatic hydroxyl groups excluding tert-OH is 4. The molecule has 0 saturated carbocycles. The number of nitrogens with one attached hydrogen (secondary N) is 1.